The zero-order valence-electron chi connectivity index (χ0n) is 12.3. The van der Waals surface area contributed by atoms with Crippen LogP contribution in [0.3, 0.4) is 0 Å². The van der Waals surface area contributed by atoms with E-state index in [0.717, 1.165) is 16.9 Å². The molecule has 0 saturated carbocycles. The number of aryl methyl sites for hydroxylation is 1. The highest BCUT2D eigenvalue weighted by Gasteiger charge is 2.12. The van der Waals surface area contributed by atoms with E-state index in [1.165, 1.54) is 0 Å². The quantitative estimate of drug-likeness (QED) is 0.691. The average Bonchev–Trinajstić information content (AvgIpc) is 2.47. The molecule has 0 aliphatic carbocycles. The Morgan fingerprint density at radius 3 is 2.52 bits per heavy atom. The molecule has 0 aliphatic rings. The van der Waals surface area contributed by atoms with Gasteiger partial charge in [-0.25, -0.2) is 4.79 Å². The van der Waals surface area contributed by atoms with Gasteiger partial charge in [-0.3, -0.25) is 4.98 Å². The lowest BCUT2D eigenvalue weighted by molar-refractivity contribution is 0.0466. The van der Waals surface area contributed by atoms with E-state index in [2.05, 4.69) is 4.98 Å². The highest BCUT2D eigenvalue weighted by molar-refractivity contribution is 5.89. The van der Waals surface area contributed by atoms with Crippen molar-refractivity contribution in [3.8, 4) is 5.75 Å². The molecule has 1 aromatic heterocycles. The minimum atomic E-state index is -0.407. The number of nitrogen functional groups attached to an aromatic ring is 1. The number of hydrogen-bond donors (Lipinski definition) is 1. The molecular weight excluding hydrogens is 268 g/mol. The summed E-state index contributed by atoms with van der Waals surface area (Å²) in [7, 11) is 1.61. The van der Waals surface area contributed by atoms with Gasteiger partial charge in [-0.05, 0) is 38.1 Å². The molecule has 21 heavy (non-hydrogen) atoms. The van der Waals surface area contributed by atoms with Gasteiger partial charge in [-0.2, -0.15) is 0 Å². The summed E-state index contributed by atoms with van der Waals surface area (Å²) >= 11 is 0. The van der Waals surface area contributed by atoms with Gasteiger partial charge in [0, 0.05) is 23.0 Å². The molecule has 110 valence electrons. The average molecular weight is 286 g/mol. The number of esters is 1. The summed E-state index contributed by atoms with van der Waals surface area (Å²) < 4.78 is 10.6. The molecule has 0 saturated heterocycles. The summed E-state index contributed by atoms with van der Waals surface area (Å²) in [5, 5.41) is 0. The Morgan fingerprint density at radius 2 is 1.90 bits per heavy atom. The molecule has 1 heterocycles. The highest BCUT2D eigenvalue weighted by atomic mass is 16.5. The molecule has 0 fully saturated rings. The third kappa shape index (κ3) is 3.31. The maximum Gasteiger partial charge on any atom is 0.338 e. The van der Waals surface area contributed by atoms with E-state index >= 15 is 0 Å². The highest BCUT2D eigenvalue weighted by Crippen LogP contribution is 2.24. The molecule has 0 atom stereocenters. The van der Waals surface area contributed by atoms with Crippen molar-refractivity contribution >= 4 is 11.7 Å². The molecular formula is C16H18N2O3. The zero-order chi connectivity index (χ0) is 15.4. The number of ether oxygens (including phenoxy) is 2. The Bertz CT molecular complexity index is 651. The Hall–Kier alpha value is -2.56. The van der Waals surface area contributed by atoms with Gasteiger partial charge in [0.1, 0.15) is 12.4 Å². The Labute approximate surface area is 123 Å². The van der Waals surface area contributed by atoms with Gasteiger partial charge in [0.2, 0.25) is 0 Å². The normalized spacial score (nSPS) is 10.2. The van der Waals surface area contributed by atoms with Crippen molar-refractivity contribution in [2.75, 3.05) is 12.8 Å². The van der Waals surface area contributed by atoms with Crippen molar-refractivity contribution in [2.45, 2.75) is 20.5 Å². The molecule has 0 unspecified atom stereocenters. The van der Waals surface area contributed by atoms with E-state index in [0.29, 0.717) is 16.9 Å². The molecule has 0 aliphatic heterocycles. The summed E-state index contributed by atoms with van der Waals surface area (Å²) in [6.45, 7) is 3.92. The summed E-state index contributed by atoms with van der Waals surface area (Å²) in [5.74, 6) is 0.360. The van der Waals surface area contributed by atoms with Crippen LogP contribution in [0.5, 0.6) is 5.75 Å². The van der Waals surface area contributed by atoms with Crippen molar-refractivity contribution < 1.29 is 14.3 Å². The predicted octanol–water partition coefficient (Wildman–Crippen LogP) is 2.65. The predicted molar refractivity (Wildman–Crippen MR) is 80.2 cm³/mol. The van der Waals surface area contributed by atoms with E-state index in [1.807, 2.05) is 13.8 Å². The minimum Gasteiger partial charge on any atom is -0.496 e. The third-order valence-electron chi connectivity index (χ3n) is 3.24. The van der Waals surface area contributed by atoms with Crippen LogP contribution in [0.4, 0.5) is 5.69 Å². The second-order valence-corrected chi connectivity index (χ2v) is 4.74. The first-order valence-corrected chi connectivity index (χ1v) is 6.54. The van der Waals surface area contributed by atoms with Crippen LogP contribution >= 0.6 is 0 Å². The summed E-state index contributed by atoms with van der Waals surface area (Å²) in [5.41, 5.74) is 9.15. The van der Waals surface area contributed by atoms with Crippen LogP contribution in [0.2, 0.25) is 0 Å². The topological polar surface area (TPSA) is 74.4 Å². The molecule has 2 N–H and O–H groups in total. The standard InChI is InChI=1S/C16H18N2O3/c1-10-8-18-14(11(2)15(10)20-3)9-21-16(19)12-4-6-13(17)7-5-12/h4-8H,9,17H2,1-3H3. The molecule has 0 radical (unpaired) electrons. The van der Waals surface area contributed by atoms with Crippen LogP contribution < -0.4 is 10.5 Å². The van der Waals surface area contributed by atoms with Crippen LogP contribution in [0, 0.1) is 13.8 Å². The largest absolute Gasteiger partial charge is 0.496 e. The molecule has 0 amide bonds. The fourth-order valence-electron chi connectivity index (χ4n) is 2.05. The van der Waals surface area contributed by atoms with Crippen molar-refractivity contribution in [2.24, 2.45) is 0 Å². The van der Waals surface area contributed by atoms with Crippen molar-refractivity contribution in [1.29, 1.82) is 0 Å². The number of pyridine rings is 1. The maximum absolute atomic E-state index is 11.9. The molecule has 5 heteroatoms. The lowest BCUT2D eigenvalue weighted by atomic mass is 10.1. The van der Waals surface area contributed by atoms with Gasteiger partial charge in [0.15, 0.2) is 0 Å². The van der Waals surface area contributed by atoms with Gasteiger partial charge in [-0.15, -0.1) is 0 Å². The number of nitrogens with two attached hydrogens (primary N) is 1. The number of nitrogens with zero attached hydrogens (tertiary/aromatic N) is 1. The first-order chi connectivity index (χ1) is 10.0. The SMILES string of the molecule is COc1c(C)cnc(COC(=O)c2ccc(N)cc2)c1C. The molecule has 2 rings (SSSR count). The van der Waals surface area contributed by atoms with Crippen LogP contribution in [0.25, 0.3) is 0 Å². The number of hydrogen-bond acceptors (Lipinski definition) is 5. The Kier molecular flexibility index (Phi) is 4.42. The molecule has 2 aromatic rings. The van der Waals surface area contributed by atoms with Crippen LogP contribution in [-0.4, -0.2) is 18.1 Å². The number of rotatable bonds is 4. The summed E-state index contributed by atoms with van der Waals surface area (Å²) in [6.07, 6.45) is 1.71. The number of carbonyl (C=O) groups excluding carboxylic acids is 1. The fraction of sp³-hybridized carbons (Fsp3) is 0.250. The molecule has 0 spiro atoms. The van der Waals surface area contributed by atoms with Crippen molar-refractivity contribution in [3.63, 3.8) is 0 Å². The molecule has 1 aromatic carbocycles. The van der Waals surface area contributed by atoms with E-state index in [1.54, 1.807) is 37.6 Å². The van der Waals surface area contributed by atoms with E-state index in [9.17, 15) is 4.79 Å². The third-order valence-corrected chi connectivity index (χ3v) is 3.24. The van der Waals surface area contributed by atoms with E-state index in [4.69, 9.17) is 15.2 Å². The number of carbonyl (C=O) groups is 1. The van der Waals surface area contributed by atoms with Crippen LogP contribution in [-0.2, 0) is 11.3 Å². The van der Waals surface area contributed by atoms with Crippen LogP contribution in [0.15, 0.2) is 30.5 Å². The van der Waals surface area contributed by atoms with Gasteiger partial charge >= 0.3 is 5.97 Å². The van der Waals surface area contributed by atoms with Crippen molar-refractivity contribution in [3.05, 3.63) is 52.8 Å². The lowest BCUT2D eigenvalue weighted by Crippen LogP contribution is -2.08. The van der Waals surface area contributed by atoms with Gasteiger partial charge < -0.3 is 15.2 Å². The number of methoxy groups -OCH3 is 1. The monoisotopic (exact) mass is 286 g/mol. The first kappa shape index (κ1) is 14.8. The van der Waals surface area contributed by atoms with Crippen molar-refractivity contribution in [1.82, 2.24) is 4.98 Å². The van der Waals surface area contributed by atoms with Gasteiger partial charge in [0.05, 0.1) is 18.4 Å². The molecule has 0 bridgehead atoms. The maximum atomic E-state index is 11.9. The smallest absolute Gasteiger partial charge is 0.338 e. The van der Waals surface area contributed by atoms with Gasteiger partial charge in [0.25, 0.3) is 0 Å². The second kappa shape index (κ2) is 6.26. The summed E-state index contributed by atoms with van der Waals surface area (Å²) in [4.78, 5) is 16.2. The Morgan fingerprint density at radius 1 is 1.24 bits per heavy atom. The summed E-state index contributed by atoms with van der Waals surface area (Å²) in [6, 6.07) is 6.59. The zero-order valence-corrected chi connectivity index (χ0v) is 12.3. The fourth-order valence-corrected chi connectivity index (χ4v) is 2.05. The molecule has 5 nitrogen and oxygen atoms in total. The lowest BCUT2D eigenvalue weighted by Gasteiger charge is -2.12. The first-order valence-electron chi connectivity index (χ1n) is 6.54. The minimum absolute atomic E-state index is 0.103. The number of benzene rings is 1. The van der Waals surface area contributed by atoms with E-state index < -0.39 is 5.97 Å². The second-order valence-electron chi connectivity index (χ2n) is 4.74. The van der Waals surface area contributed by atoms with Gasteiger partial charge in [-0.1, -0.05) is 0 Å². The van der Waals surface area contributed by atoms with E-state index in [-0.39, 0.29) is 6.61 Å². The number of anilines is 1. The Balaban J connectivity index is 2.10. The number of aromatic nitrogens is 1. The van der Waals surface area contributed by atoms with Crippen LogP contribution in [0.1, 0.15) is 27.2 Å².